The molecule has 3 heteroatoms. The third-order valence-electron chi connectivity index (χ3n) is 4.51. The van der Waals surface area contributed by atoms with Crippen molar-refractivity contribution in [1.82, 2.24) is 5.32 Å². The minimum atomic E-state index is 0.581. The molecule has 1 aromatic rings. The van der Waals surface area contributed by atoms with E-state index in [0.717, 1.165) is 36.7 Å². The molecule has 1 N–H and O–H groups in total. The van der Waals surface area contributed by atoms with Crippen molar-refractivity contribution in [2.45, 2.75) is 44.1 Å². The van der Waals surface area contributed by atoms with Crippen LogP contribution in [0.4, 0.5) is 0 Å². The molecule has 0 radical (unpaired) electrons. The van der Waals surface area contributed by atoms with E-state index in [2.05, 4.69) is 23.5 Å². The molecule has 1 saturated heterocycles. The summed E-state index contributed by atoms with van der Waals surface area (Å²) < 4.78 is 5.48. The topological polar surface area (TPSA) is 21.3 Å². The molecule has 1 saturated carbocycles. The van der Waals surface area contributed by atoms with Gasteiger partial charge >= 0.3 is 0 Å². The lowest BCUT2D eigenvalue weighted by Gasteiger charge is -2.27. The van der Waals surface area contributed by atoms with Crippen molar-refractivity contribution in [1.29, 1.82) is 0 Å². The van der Waals surface area contributed by atoms with Gasteiger partial charge in [0, 0.05) is 30.8 Å². The zero-order valence-corrected chi connectivity index (χ0v) is 12.7. The zero-order valence-electron chi connectivity index (χ0n) is 12.0. The van der Waals surface area contributed by atoms with Crippen LogP contribution in [-0.2, 0) is 4.74 Å². The summed E-state index contributed by atoms with van der Waals surface area (Å²) in [6, 6.07) is 9.17. The van der Waals surface area contributed by atoms with E-state index in [9.17, 15) is 0 Å². The van der Waals surface area contributed by atoms with Gasteiger partial charge in [0.1, 0.15) is 0 Å². The molecule has 2 aliphatic rings. The van der Waals surface area contributed by atoms with Gasteiger partial charge in [-0.15, -0.1) is 0 Å². The van der Waals surface area contributed by atoms with Gasteiger partial charge in [-0.1, -0.05) is 23.7 Å². The Hall–Kier alpha value is -0.570. The summed E-state index contributed by atoms with van der Waals surface area (Å²) in [7, 11) is 0. The Morgan fingerprint density at radius 3 is 2.70 bits per heavy atom. The summed E-state index contributed by atoms with van der Waals surface area (Å²) in [6.07, 6.45) is 6.36. The van der Waals surface area contributed by atoms with Gasteiger partial charge in [-0.2, -0.15) is 0 Å². The number of hydrogen-bond acceptors (Lipinski definition) is 2. The first-order valence-electron chi connectivity index (χ1n) is 7.88. The van der Waals surface area contributed by atoms with Crippen molar-refractivity contribution in [2.75, 3.05) is 19.8 Å². The van der Waals surface area contributed by atoms with Crippen LogP contribution in [0, 0.1) is 5.92 Å². The maximum absolute atomic E-state index is 6.17. The highest BCUT2D eigenvalue weighted by Gasteiger charge is 2.25. The molecule has 0 aromatic heterocycles. The number of halogens is 1. The second-order valence-electron chi connectivity index (χ2n) is 6.23. The van der Waals surface area contributed by atoms with Crippen LogP contribution in [0.2, 0.25) is 5.02 Å². The van der Waals surface area contributed by atoms with Gasteiger partial charge in [-0.25, -0.2) is 0 Å². The standard InChI is InChI=1S/C17H24ClNO/c18-16-3-1-2-14(11-16)15(12-19-17-4-5-17)10-13-6-8-20-9-7-13/h1-3,11,13,15,17,19H,4-10,12H2. The third kappa shape index (κ3) is 4.21. The lowest BCUT2D eigenvalue weighted by atomic mass is 9.85. The molecular formula is C17H24ClNO. The van der Waals surface area contributed by atoms with Gasteiger partial charge in [0.25, 0.3) is 0 Å². The van der Waals surface area contributed by atoms with E-state index in [1.165, 1.54) is 37.7 Å². The number of ether oxygens (including phenoxy) is 1. The second kappa shape index (κ2) is 6.93. The normalized spacial score (nSPS) is 21.9. The van der Waals surface area contributed by atoms with Crippen LogP contribution in [0.15, 0.2) is 24.3 Å². The van der Waals surface area contributed by atoms with Crippen LogP contribution >= 0.6 is 11.6 Å². The Balaban J connectivity index is 1.64. The monoisotopic (exact) mass is 293 g/mol. The smallest absolute Gasteiger partial charge is 0.0468 e. The predicted molar refractivity (Wildman–Crippen MR) is 83.4 cm³/mol. The molecule has 2 nitrogen and oxygen atoms in total. The molecule has 20 heavy (non-hydrogen) atoms. The van der Waals surface area contributed by atoms with Crippen LogP contribution in [0.3, 0.4) is 0 Å². The Bertz CT molecular complexity index is 427. The van der Waals surface area contributed by atoms with Crippen molar-refractivity contribution < 1.29 is 4.74 Å². The molecular weight excluding hydrogens is 270 g/mol. The molecule has 2 fully saturated rings. The summed E-state index contributed by atoms with van der Waals surface area (Å²) in [5.41, 5.74) is 1.39. The molecule has 1 heterocycles. The lowest BCUT2D eigenvalue weighted by molar-refractivity contribution is 0.0616. The van der Waals surface area contributed by atoms with E-state index < -0.39 is 0 Å². The first kappa shape index (κ1) is 14.4. The van der Waals surface area contributed by atoms with Crippen molar-refractivity contribution in [2.24, 2.45) is 5.92 Å². The molecule has 1 unspecified atom stereocenters. The summed E-state index contributed by atoms with van der Waals surface area (Å²) in [5, 5.41) is 4.54. The van der Waals surface area contributed by atoms with E-state index in [-0.39, 0.29) is 0 Å². The van der Waals surface area contributed by atoms with E-state index in [1.807, 2.05) is 6.07 Å². The third-order valence-corrected chi connectivity index (χ3v) is 4.74. The van der Waals surface area contributed by atoms with Crippen LogP contribution in [-0.4, -0.2) is 25.8 Å². The molecule has 110 valence electrons. The zero-order chi connectivity index (χ0) is 13.8. The van der Waals surface area contributed by atoms with Crippen LogP contribution < -0.4 is 5.32 Å². The molecule has 1 aliphatic heterocycles. The summed E-state index contributed by atoms with van der Waals surface area (Å²) in [5.74, 6) is 1.38. The average molecular weight is 294 g/mol. The van der Waals surface area contributed by atoms with Crippen molar-refractivity contribution in [3.63, 3.8) is 0 Å². The maximum Gasteiger partial charge on any atom is 0.0468 e. The highest BCUT2D eigenvalue weighted by molar-refractivity contribution is 6.30. The highest BCUT2D eigenvalue weighted by Crippen LogP contribution is 2.31. The van der Waals surface area contributed by atoms with E-state index in [0.29, 0.717) is 5.92 Å². The number of rotatable bonds is 6. The quantitative estimate of drug-likeness (QED) is 0.856. The molecule has 1 aliphatic carbocycles. The van der Waals surface area contributed by atoms with Gasteiger partial charge in [-0.3, -0.25) is 0 Å². The average Bonchev–Trinajstić information content (AvgIpc) is 3.29. The predicted octanol–water partition coefficient (Wildman–Crippen LogP) is 3.99. The van der Waals surface area contributed by atoms with Gasteiger partial charge in [0.05, 0.1) is 0 Å². The Kier molecular flexibility index (Phi) is 4.98. The Morgan fingerprint density at radius 2 is 2.00 bits per heavy atom. The van der Waals surface area contributed by atoms with Crippen molar-refractivity contribution in [3.8, 4) is 0 Å². The number of nitrogens with one attached hydrogen (secondary N) is 1. The Labute approximate surface area is 126 Å². The summed E-state index contributed by atoms with van der Waals surface area (Å²) in [6.45, 7) is 2.95. The van der Waals surface area contributed by atoms with Crippen molar-refractivity contribution >= 4 is 11.6 Å². The number of benzene rings is 1. The number of hydrogen-bond donors (Lipinski definition) is 1. The molecule has 1 atom stereocenters. The second-order valence-corrected chi connectivity index (χ2v) is 6.66. The van der Waals surface area contributed by atoms with Crippen molar-refractivity contribution in [3.05, 3.63) is 34.9 Å². The molecule has 0 spiro atoms. The summed E-state index contributed by atoms with van der Waals surface area (Å²) in [4.78, 5) is 0. The van der Waals surface area contributed by atoms with Crippen LogP contribution in [0.25, 0.3) is 0 Å². The lowest BCUT2D eigenvalue weighted by Crippen LogP contribution is -2.26. The van der Waals surface area contributed by atoms with E-state index >= 15 is 0 Å². The SMILES string of the molecule is Clc1cccc(C(CNC2CC2)CC2CCOCC2)c1. The molecule has 1 aromatic carbocycles. The van der Waals surface area contributed by atoms with E-state index in [1.54, 1.807) is 0 Å². The maximum atomic E-state index is 6.17. The van der Waals surface area contributed by atoms with Crippen LogP contribution in [0.1, 0.15) is 43.6 Å². The fraction of sp³-hybridized carbons (Fsp3) is 0.647. The highest BCUT2D eigenvalue weighted by atomic mass is 35.5. The van der Waals surface area contributed by atoms with Crippen LogP contribution in [0.5, 0.6) is 0 Å². The minimum absolute atomic E-state index is 0.581. The van der Waals surface area contributed by atoms with Gasteiger partial charge in [0.15, 0.2) is 0 Å². The van der Waals surface area contributed by atoms with Gasteiger partial charge in [-0.05, 0) is 61.6 Å². The minimum Gasteiger partial charge on any atom is -0.381 e. The van der Waals surface area contributed by atoms with Gasteiger partial charge in [0.2, 0.25) is 0 Å². The first-order chi connectivity index (χ1) is 9.81. The van der Waals surface area contributed by atoms with Gasteiger partial charge < -0.3 is 10.1 Å². The fourth-order valence-electron chi connectivity index (χ4n) is 3.08. The largest absolute Gasteiger partial charge is 0.381 e. The first-order valence-corrected chi connectivity index (χ1v) is 8.25. The molecule has 0 bridgehead atoms. The molecule has 3 rings (SSSR count). The fourth-order valence-corrected chi connectivity index (χ4v) is 3.28. The van der Waals surface area contributed by atoms with E-state index in [4.69, 9.17) is 16.3 Å². The summed E-state index contributed by atoms with van der Waals surface area (Å²) >= 11 is 6.17. The Morgan fingerprint density at radius 1 is 1.20 bits per heavy atom. The molecule has 0 amide bonds.